The van der Waals surface area contributed by atoms with Gasteiger partial charge in [-0.25, -0.2) is 4.79 Å². The fraction of sp³-hybridized carbons (Fsp3) is 0.318. The molecule has 2 heterocycles. The van der Waals surface area contributed by atoms with Gasteiger partial charge in [0.2, 0.25) is 6.79 Å². The van der Waals surface area contributed by atoms with E-state index < -0.39 is 23.6 Å². The number of carbonyl (C=O) groups excluding carboxylic acids is 2. The highest BCUT2D eigenvalue weighted by atomic mass is 16.7. The number of ether oxygens (including phenoxy) is 3. The van der Waals surface area contributed by atoms with E-state index in [4.69, 9.17) is 19.5 Å². The normalized spacial score (nSPS) is 20.4. The zero-order valence-electron chi connectivity index (χ0n) is 16.8. The third-order valence-electron chi connectivity index (χ3n) is 5.27. The van der Waals surface area contributed by atoms with Gasteiger partial charge in [0.1, 0.15) is 24.0 Å². The third kappa shape index (κ3) is 3.98. The number of nitriles is 1. The minimum absolute atomic E-state index is 0.102. The van der Waals surface area contributed by atoms with Crippen LogP contribution in [-0.4, -0.2) is 48.0 Å². The molecule has 0 bridgehead atoms. The Labute approximate surface area is 178 Å². The van der Waals surface area contributed by atoms with Crippen molar-refractivity contribution in [2.45, 2.75) is 25.0 Å². The number of urea groups is 1. The standard InChI is InChI=1S/C22H21N3O6/c1-22(15-4-7-18-19(10-15)31-13-30-18)20(27)25(21(28)24-22)11-16(26)12-29-17-5-2-14(3-6-17)8-9-23/h2-7,10,16,26H,8,11-13H2,1H3,(H,24,28)/t16-,22+/m0/s1. The maximum Gasteiger partial charge on any atom is 0.325 e. The van der Waals surface area contributed by atoms with Crippen molar-refractivity contribution in [3.63, 3.8) is 0 Å². The number of β-amino-alcohol motifs (C(OH)–C–C–N with tert-alkyl or cyclic N) is 1. The first-order chi connectivity index (χ1) is 14.9. The third-order valence-corrected chi connectivity index (χ3v) is 5.27. The molecule has 0 spiro atoms. The summed E-state index contributed by atoms with van der Waals surface area (Å²) in [5.41, 5.74) is 0.133. The first-order valence-corrected chi connectivity index (χ1v) is 9.71. The van der Waals surface area contributed by atoms with Gasteiger partial charge in [0.25, 0.3) is 5.91 Å². The lowest BCUT2D eigenvalue weighted by molar-refractivity contribution is -0.132. The van der Waals surface area contributed by atoms with Gasteiger partial charge in [-0.3, -0.25) is 9.69 Å². The molecule has 2 aromatic carbocycles. The summed E-state index contributed by atoms with van der Waals surface area (Å²) in [6, 6.07) is 13.4. The molecule has 9 heteroatoms. The van der Waals surface area contributed by atoms with Crippen LogP contribution in [0.3, 0.4) is 0 Å². The van der Waals surface area contributed by atoms with Crippen LogP contribution < -0.4 is 19.5 Å². The lowest BCUT2D eigenvalue weighted by Gasteiger charge is -2.23. The van der Waals surface area contributed by atoms with E-state index in [1.165, 1.54) is 0 Å². The van der Waals surface area contributed by atoms with Crippen LogP contribution in [0, 0.1) is 11.3 Å². The predicted octanol–water partition coefficient (Wildman–Crippen LogP) is 1.69. The average molecular weight is 423 g/mol. The van der Waals surface area contributed by atoms with Crippen molar-refractivity contribution in [2.24, 2.45) is 0 Å². The second-order valence-electron chi connectivity index (χ2n) is 7.48. The molecule has 2 atom stereocenters. The molecule has 4 rings (SSSR count). The zero-order chi connectivity index (χ0) is 22.0. The lowest BCUT2D eigenvalue weighted by atomic mass is 9.91. The quantitative estimate of drug-likeness (QED) is 0.650. The summed E-state index contributed by atoms with van der Waals surface area (Å²) < 4.78 is 16.2. The van der Waals surface area contributed by atoms with Crippen LogP contribution in [0.5, 0.6) is 17.2 Å². The van der Waals surface area contributed by atoms with Crippen molar-refractivity contribution < 1.29 is 28.9 Å². The number of nitrogens with one attached hydrogen (secondary N) is 1. The van der Waals surface area contributed by atoms with E-state index in [1.54, 1.807) is 49.4 Å². The van der Waals surface area contributed by atoms with E-state index in [2.05, 4.69) is 11.4 Å². The molecule has 1 saturated heterocycles. The number of hydrogen-bond acceptors (Lipinski definition) is 7. The number of amides is 3. The molecule has 31 heavy (non-hydrogen) atoms. The minimum Gasteiger partial charge on any atom is -0.491 e. The Morgan fingerprint density at radius 1 is 1.23 bits per heavy atom. The highest BCUT2D eigenvalue weighted by molar-refractivity contribution is 6.07. The van der Waals surface area contributed by atoms with Crippen LogP contribution in [0.25, 0.3) is 0 Å². The molecule has 0 saturated carbocycles. The molecule has 2 aliphatic heterocycles. The molecule has 2 N–H and O–H groups in total. The molecule has 0 aromatic heterocycles. The summed E-state index contributed by atoms with van der Waals surface area (Å²) in [5, 5.41) is 21.7. The maximum atomic E-state index is 13.0. The Morgan fingerprint density at radius 3 is 2.71 bits per heavy atom. The smallest absolute Gasteiger partial charge is 0.325 e. The van der Waals surface area contributed by atoms with E-state index in [-0.39, 0.29) is 19.9 Å². The highest BCUT2D eigenvalue weighted by Crippen LogP contribution is 2.37. The van der Waals surface area contributed by atoms with Crippen LogP contribution >= 0.6 is 0 Å². The second kappa shape index (κ2) is 8.16. The average Bonchev–Trinajstić information content (AvgIpc) is 3.32. The molecule has 9 nitrogen and oxygen atoms in total. The summed E-state index contributed by atoms with van der Waals surface area (Å²) in [7, 11) is 0. The summed E-state index contributed by atoms with van der Waals surface area (Å²) in [4.78, 5) is 26.5. The fourth-order valence-corrected chi connectivity index (χ4v) is 3.52. The van der Waals surface area contributed by atoms with Gasteiger partial charge in [-0.2, -0.15) is 5.26 Å². The molecule has 160 valence electrons. The molecular formula is C22H21N3O6. The number of carbonyl (C=O) groups is 2. The number of imide groups is 1. The highest BCUT2D eigenvalue weighted by Gasteiger charge is 2.49. The van der Waals surface area contributed by atoms with Gasteiger partial charge in [-0.15, -0.1) is 0 Å². The van der Waals surface area contributed by atoms with Crippen molar-refractivity contribution >= 4 is 11.9 Å². The van der Waals surface area contributed by atoms with Crippen molar-refractivity contribution in [3.05, 3.63) is 53.6 Å². The summed E-state index contributed by atoms with van der Waals surface area (Å²) in [6.07, 6.45) is -0.774. The fourth-order valence-electron chi connectivity index (χ4n) is 3.52. The molecule has 0 aliphatic carbocycles. The van der Waals surface area contributed by atoms with E-state index >= 15 is 0 Å². The number of hydrogen-bond donors (Lipinski definition) is 2. The van der Waals surface area contributed by atoms with Crippen LogP contribution in [0.1, 0.15) is 18.1 Å². The molecule has 0 unspecified atom stereocenters. The van der Waals surface area contributed by atoms with E-state index in [0.717, 1.165) is 10.5 Å². The Kier molecular flexibility index (Phi) is 5.40. The first kappa shape index (κ1) is 20.5. The Balaban J connectivity index is 1.39. The number of rotatable bonds is 7. The predicted molar refractivity (Wildman–Crippen MR) is 107 cm³/mol. The number of benzene rings is 2. The van der Waals surface area contributed by atoms with E-state index in [9.17, 15) is 14.7 Å². The Hall–Kier alpha value is -3.77. The van der Waals surface area contributed by atoms with Crippen molar-refractivity contribution in [3.8, 4) is 23.3 Å². The van der Waals surface area contributed by atoms with Gasteiger partial charge < -0.3 is 24.6 Å². The monoisotopic (exact) mass is 423 g/mol. The number of aliphatic hydroxyl groups excluding tert-OH is 1. The van der Waals surface area contributed by atoms with E-state index in [1.807, 2.05) is 0 Å². The molecule has 2 aromatic rings. The number of aliphatic hydroxyl groups is 1. The lowest BCUT2D eigenvalue weighted by Crippen LogP contribution is -2.42. The van der Waals surface area contributed by atoms with E-state index in [0.29, 0.717) is 29.2 Å². The first-order valence-electron chi connectivity index (χ1n) is 9.71. The minimum atomic E-state index is -1.28. The van der Waals surface area contributed by atoms with Gasteiger partial charge >= 0.3 is 6.03 Å². The van der Waals surface area contributed by atoms with Gasteiger partial charge in [-0.1, -0.05) is 18.2 Å². The zero-order valence-corrected chi connectivity index (χ0v) is 16.8. The van der Waals surface area contributed by atoms with Gasteiger partial charge in [0, 0.05) is 0 Å². The summed E-state index contributed by atoms with van der Waals surface area (Å²) in [5.74, 6) is 1.13. The van der Waals surface area contributed by atoms with Gasteiger partial charge in [-0.05, 0) is 42.3 Å². The summed E-state index contributed by atoms with van der Waals surface area (Å²) in [6.45, 7) is 1.40. The van der Waals surface area contributed by atoms with Crippen molar-refractivity contribution in [1.82, 2.24) is 10.2 Å². The van der Waals surface area contributed by atoms with Crippen molar-refractivity contribution in [1.29, 1.82) is 5.26 Å². The molecule has 0 radical (unpaired) electrons. The summed E-state index contributed by atoms with van der Waals surface area (Å²) >= 11 is 0. The van der Waals surface area contributed by atoms with Crippen LogP contribution in [-0.2, 0) is 16.8 Å². The molecular weight excluding hydrogens is 402 g/mol. The van der Waals surface area contributed by atoms with Crippen LogP contribution in [0.2, 0.25) is 0 Å². The largest absolute Gasteiger partial charge is 0.491 e. The number of nitrogens with zero attached hydrogens (tertiary/aromatic N) is 2. The SMILES string of the molecule is C[C@]1(c2ccc3c(c2)OCO3)NC(=O)N(C[C@H](O)COc2ccc(CC#N)cc2)C1=O. The Bertz CT molecular complexity index is 1050. The van der Waals surface area contributed by atoms with Crippen LogP contribution in [0.15, 0.2) is 42.5 Å². The second-order valence-corrected chi connectivity index (χ2v) is 7.48. The van der Waals surface area contributed by atoms with Crippen LogP contribution in [0.4, 0.5) is 4.79 Å². The molecule has 2 aliphatic rings. The van der Waals surface area contributed by atoms with Gasteiger partial charge in [0.15, 0.2) is 11.5 Å². The maximum absolute atomic E-state index is 13.0. The topological polar surface area (TPSA) is 121 Å². The van der Waals surface area contributed by atoms with Gasteiger partial charge in [0.05, 0.1) is 19.0 Å². The molecule has 1 fully saturated rings. The number of fused-ring (bicyclic) bond motifs is 1. The molecule has 3 amide bonds. The van der Waals surface area contributed by atoms with Crippen molar-refractivity contribution in [2.75, 3.05) is 19.9 Å². The Morgan fingerprint density at radius 2 is 1.97 bits per heavy atom.